The van der Waals surface area contributed by atoms with E-state index in [0.29, 0.717) is 25.7 Å². The van der Waals surface area contributed by atoms with Gasteiger partial charge in [0.15, 0.2) is 31.5 Å². The van der Waals surface area contributed by atoms with E-state index in [9.17, 15) is 91.9 Å². The SMILES string of the molecule is C[C@H](CC[C@@H](O[C@@H]1O[C@H](CO[C@@H]2O[C@H](CO)[C@@H](O)[C@H](O)[C@H]2O)[C@@H](O)[C@H](O)[C@H]1O[C@H]1O[C@H](CO)[C@@H](O)[C@H](O)[C@H]1O)C(C)(C)O)[C@H]1CC[C@@]2(C)[C@@H]3CC=C4[C@@H](CCC(O[C@@H]5O[C@H](CO[C@@H]6O[C@H](CO)[C@@H](O)[C@H](O)[C@H]6O)[C@@H](O)[C@H](O)[C@H]5O)C4(C)C)[C@]3(C)C(=O)C[C@]12C. The maximum absolute atomic E-state index is 15.4. The molecule has 0 amide bonds. The molecule has 9 rings (SSSR count). The number of carbonyl (C=O) groups is 1. The van der Waals surface area contributed by atoms with E-state index in [4.69, 9.17) is 47.4 Å². The molecule has 0 spiro atoms. The number of allylic oxidation sites excluding steroid dienone is 1. The van der Waals surface area contributed by atoms with Crippen molar-refractivity contribution in [2.24, 2.45) is 45.3 Å². The maximum atomic E-state index is 15.4. The smallest absolute Gasteiger partial charge is 0.187 e. The Morgan fingerprint density at radius 1 is 0.539 bits per heavy atom. The summed E-state index contributed by atoms with van der Waals surface area (Å²) in [4.78, 5) is 15.4. The number of aliphatic hydroxyl groups is 18. The van der Waals surface area contributed by atoms with Crippen LogP contribution in [0, 0.1) is 45.3 Å². The van der Waals surface area contributed by atoms with Crippen molar-refractivity contribution in [1.29, 1.82) is 0 Å². The monoisotopic (exact) mass is 1280 g/mol. The second-order valence-corrected chi connectivity index (χ2v) is 28.5. The second-order valence-electron chi connectivity index (χ2n) is 28.5. The van der Waals surface area contributed by atoms with Crippen molar-refractivity contribution in [1.82, 2.24) is 0 Å². The second kappa shape index (κ2) is 27.4. The van der Waals surface area contributed by atoms with Crippen LogP contribution in [0.4, 0.5) is 0 Å². The van der Waals surface area contributed by atoms with Crippen molar-refractivity contribution in [2.75, 3.05) is 33.0 Å². The highest BCUT2D eigenvalue weighted by Gasteiger charge is 2.71. The van der Waals surface area contributed by atoms with Crippen LogP contribution in [-0.4, -0.2) is 302 Å². The largest absolute Gasteiger partial charge is 0.394 e. The van der Waals surface area contributed by atoms with Gasteiger partial charge in [-0.2, -0.15) is 0 Å². The minimum Gasteiger partial charge on any atom is -0.394 e. The molecule has 0 aromatic heterocycles. The van der Waals surface area contributed by atoms with Gasteiger partial charge in [-0.25, -0.2) is 0 Å². The molecule has 0 bridgehead atoms. The maximum Gasteiger partial charge on any atom is 0.187 e. The van der Waals surface area contributed by atoms with Crippen LogP contribution >= 0.6 is 0 Å². The number of hydrogen-bond donors (Lipinski definition) is 18. The molecule has 18 N–H and O–H groups in total. The summed E-state index contributed by atoms with van der Waals surface area (Å²) in [6, 6.07) is 0. The minimum absolute atomic E-state index is 0.00532. The van der Waals surface area contributed by atoms with Crippen LogP contribution in [0.3, 0.4) is 0 Å². The molecular formula is C60H100O29. The van der Waals surface area contributed by atoms with Gasteiger partial charge >= 0.3 is 0 Å². The molecule has 5 aliphatic heterocycles. The first-order chi connectivity index (χ1) is 41.6. The molecule has 514 valence electrons. The lowest BCUT2D eigenvalue weighted by atomic mass is 9.38. The molecule has 8 fully saturated rings. The number of Topliss-reactive ketones (excluding diaryl/α,β-unsaturated/α-hetero) is 1. The molecule has 9 aliphatic rings. The Morgan fingerprint density at radius 2 is 0.978 bits per heavy atom. The topological polar surface area (TPSA) is 474 Å². The molecule has 4 aliphatic carbocycles. The standard InChI is InChI=1S/C60H100O29/c1-23(9-13-35(57(4,5)79)88-55-50(89-54-49(78)43(72)38(67)29(20-63)84-54)45(74)40(69)31(86-55)22-81-52-47(76)42(71)37(66)28(19-62)83-52)24-15-16-58(6)32-12-10-25-26(60(32,8)33(64)17-59(24,58)7)11-14-34(56(25,2)3)87-53-48(77)44(73)39(68)30(85-53)21-80-51-46(75)41(70)36(65)27(18-61)82-51/h10,23-24,26-32,34-55,61-63,65-79H,9,11-22H2,1-8H3/t23-,24-,26-,27-,28-,29-,30-,31-,32+,34?,35-,36-,37-,38-,39-,40-,41+,42+,43+,44+,45+,46-,47-,48-,49-,50-,51-,52-,53+,54-,55+,58+,59-,60+/m1/s1. The van der Waals surface area contributed by atoms with E-state index in [1.807, 2.05) is 13.8 Å². The van der Waals surface area contributed by atoms with Gasteiger partial charge in [0.25, 0.3) is 0 Å². The van der Waals surface area contributed by atoms with Gasteiger partial charge in [-0.1, -0.05) is 53.2 Å². The molecule has 1 unspecified atom stereocenters. The number of rotatable bonds is 20. The average Bonchev–Trinajstić information content (AvgIpc) is 1.66. The molecular weight excluding hydrogens is 1180 g/mol. The van der Waals surface area contributed by atoms with Crippen LogP contribution in [0.15, 0.2) is 11.6 Å². The number of hydrogen-bond acceptors (Lipinski definition) is 29. The van der Waals surface area contributed by atoms with E-state index in [1.165, 1.54) is 13.8 Å². The molecule has 34 atom stereocenters. The third kappa shape index (κ3) is 13.0. The van der Waals surface area contributed by atoms with Crippen molar-refractivity contribution < 1.29 is 144 Å². The Hall–Kier alpha value is -1.71. The Morgan fingerprint density at radius 3 is 1.47 bits per heavy atom. The molecule has 0 radical (unpaired) electrons. The van der Waals surface area contributed by atoms with Crippen molar-refractivity contribution in [2.45, 2.75) is 278 Å². The minimum atomic E-state index is -1.97. The number of carbonyl (C=O) groups excluding carboxylic acids is 1. The Kier molecular flexibility index (Phi) is 22.1. The number of ether oxygens (including phenoxy) is 10. The first kappa shape index (κ1) is 71.6. The highest BCUT2D eigenvalue weighted by atomic mass is 16.8. The van der Waals surface area contributed by atoms with E-state index in [0.717, 1.165) is 18.4 Å². The molecule has 29 heteroatoms. The van der Waals surface area contributed by atoms with Crippen LogP contribution in [0.1, 0.15) is 107 Å². The molecule has 3 saturated carbocycles. The predicted molar refractivity (Wildman–Crippen MR) is 299 cm³/mol. The van der Waals surface area contributed by atoms with Crippen LogP contribution in [0.2, 0.25) is 0 Å². The third-order valence-corrected chi connectivity index (χ3v) is 22.6. The zero-order valence-electron chi connectivity index (χ0n) is 51.7. The summed E-state index contributed by atoms with van der Waals surface area (Å²) in [6.45, 7) is 12.2. The molecule has 29 nitrogen and oxygen atoms in total. The molecule has 89 heavy (non-hydrogen) atoms. The Bertz CT molecular complexity index is 2390. The zero-order chi connectivity index (χ0) is 65.5. The summed E-state index contributed by atoms with van der Waals surface area (Å²) in [5.41, 5.74) is -2.96. The molecule has 5 saturated heterocycles. The Labute approximate surface area is 516 Å². The van der Waals surface area contributed by atoms with Gasteiger partial charge in [0, 0.05) is 17.3 Å². The summed E-state index contributed by atoms with van der Waals surface area (Å²) in [5, 5.41) is 192. The van der Waals surface area contributed by atoms with Gasteiger partial charge in [0.2, 0.25) is 0 Å². The van der Waals surface area contributed by atoms with E-state index in [2.05, 4.69) is 33.8 Å². The van der Waals surface area contributed by atoms with Crippen molar-refractivity contribution in [3.63, 3.8) is 0 Å². The lowest BCUT2D eigenvalue weighted by molar-refractivity contribution is -0.380. The van der Waals surface area contributed by atoms with Gasteiger partial charge in [-0.15, -0.1) is 0 Å². The predicted octanol–water partition coefficient (Wildman–Crippen LogP) is -5.20. The van der Waals surface area contributed by atoms with Crippen molar-refractivity contribution >= 4 is 5.78 Å². The average molecular weight is 1290 g/mol. The highest BCUT2D eigenvalue weighted by Crippen LogP contribution is 2.74. The first-order valence-electron chi connectivity index (χ1n) is 31.4. The lowest BCUT2D eigenvalue weighted by Crippen LogP contribution is -2.65. The summed E-state index contributed by atoms with van der Waals surface area (Å²) in [6.07, 6.45) is -37.4. The van der Waals surface area contributed by atoms with Gasteiger partial charge in [-0.3, -0.25) is 4.79 Å². The molecule has 0 aromatic rings. The molecule has 5 heterocycles. The fraction of sp³-hybridized carbons (Fsp3) is 0.950. The van der Waals surface area contributed by atoms with Crippen LogP contribution in [-0.2, 0) is 52.2 Å². The summed E-state index contributed by atoms with van der Waals surface area (Å²) in [5.74, 6) is -0.178. The van der Waals surface area contributed by atoms with E-state index < -0.39 is 221 Å². The summed E-state index contributed by atoms with van der Waals surface area (Å²) in [7, 11) is 0. The van der Waals surface area contributed by atoms with Crippen molar-refractivity contribution in [3.05, 3.63) is 11.6 Å². The highest BCUT2D eigenvalue weighted by molar-refractivity contribution is 5.88. The fourth-order valence-electron chi connectivity index (χ4n) is 16.7. The van der Waals surface area contributed by atoms with E-state index >= 15 is 4.79 Å². The Balaban J connectivity index is 0.884. The fourth-order valence-corrected chi connectivity index (χ4v) is 16.7. The van der Waals surface area contributed by atoms with Gasteiger partial charge < -0.3 is 139 Å². The van der Waals surface area contributed by atoms with Gasteiger partial charge in [-0.05, 0) is 93.3 Å². The van der Waals surface area contributed by atoms with E-state index in [1.54, 1.807) is 0 Å². The number of aliphatic hydroxyl groups excluding tert-OH is 17. The van der Waals surface area contributed by atoms with Crippen LogP contribution < -0.4 is 0 Å². The molecule has 0 aromatic carbocycles. The summed E-state index contributed by atoms with van der Waals surface area (Å²) < 4.78 is 59.2. The lowest BCUT2D eigenvalue weighted by Gasteiger charge is -2.65. The van der Waals surface area contributed by atoms with Crippen LogP contribution in [0.5, 0.6) is 0 Å². The van der Waals surface area contributed by atoms with E-state index in [-0.39, 0.29) is 47.7 Å². The van der Waals surface area contributed by atoms with Gasteiger partial charge in [0.05, 0.1) is 50.8 Å². The quantitative estimate of drug-likeness (QED) is 0.0507. The van der Waals surface area contributed by atoms with Gasteiger partial charge in [0.1, 0.15) is 128 Å². The normalized spacial score (nSPS) is 51.0. The first-order valence-corrected chi connectivity index (χ1v) is 31.4. The number of ketones is 1. The summed E-state index contributed by atoms with van der Waals surface area (Å²) >= 11 is 0. The number of fused-ring (bicyclic) bond motifs is 5. The van der Waals surface area contributed by atoms with Crippen LogP contribution in [0.25, 0.3) is 0 Å². The third-order valence-electron chi connectivity index (χ3n) is 22.6. The zero-order valence-corrected chi connectivity index (χ0v) is 51.7. The van der Waals surface area contributed by atoms with Crippen molar-refractivity contribution in [3.8, 4) is 0 Å².